The quantitative estimate of drug-likeness (QED) is 0.174. The van der Waals surface area contributed by atoms with Gasteiger partial charge >= 0.3 is 0 Å². The van der Waals surface area contributed by atoms with E-state index in [0.29, 0.717) is 33.6 Å². The molecule has 1 saturated heterocycles. The highest BCUT2D eigenvalue weighted by Gasteiger charge is 2.43. The first-order valence-corrected chi connectivity index (χ1v) is 14.0. The van der Waals surface area contributed by atoms with Crippen LogP contribution < -0.4 is 19.7 Å². The fourth-order valence-corrected chi connectivity index (χ4v) is 5.37. The number of ether oxygens (including phenoxy) is 1. The number of methoxy groups -OCH3 is 1. The van der Waals surface area contributed by atoms with Crippen LogP contribution in [0.2, 0.25) is 0 Å². The number of benzene rings is 2. The lowest BCUT2D eigenvalue weighted by Crippen LogP contribution is -2.29. The molecule has 200 valence electrons. The molecule has 0 aliphatic carbocycles. The molecular weight excluding hydrogens is 542 g/mol. The zero-order valence-electron chi connectivity index (χ0n) is 20.8. The van der Waals surface area contributed by atoms with Crippen LogP contribution in [-0.4, -0.2) is 36.8 Å². The number of thiocarbonyl (C=S) groups is 1. The summed E-state index contributed by atoms with van der Waals surface area (Å²) in [5, 5.41) is 14.8. The van der Waals surface area contributed by atoms with Gasteiger partial charge in [0, 0.05) is 29.6 Å². The highest BCUT2D eigenvalue weighted by molar-refractivity contribution is 7.92. The lowest BCUT2D eigenvalue weighted by Gasteiger charge is -2.27. The molecule has 0 radical (unpaired) electrons. The van der Waals surface area contributed by atoms with Crippen LogP contribution in [0.4, 0.5) is 17.1 Å². The predicted octanol–water partition coefficient (Wildman–Crippen LogP) is 4.81. The van der Waals surface area contributed by atoms with E-state index in [1.807, 2.05) is 29.2 Å². The molecule has 11 nitrogen and oxygen atoms in total. The van der Waals surface area contributed by atoms with E-state index in [0.717, 1.165) is 11.9 Å². The molecule has 1 aliphatic heterocycles. The third-order valence-corrected chi connectivity index (χ3v) is 7.04. The van der Waals surface area contributed by atoms with Crippen LogP contribution in [0.15, 0.2) is 83.4 Å². The summed E-state index contributed by atoms with van der Waals surface area (Å²) in [4.78, 5) is 16.9. The summed E-state index contributed by atoms with van der Waals surface area (Å²) in [6.07, 6.45) is 2.75. The van der Waals surface area contributed by atoms with Gasteiger partial charge in [0.25, 0.3) is 5.69 Å². The van der Waals surface area contributed by atoms with E-state index in [1.165, 1.54) is 19.2 Å². The number of nitro benzene ring substituents is 1. The van der Waals surface area contributed by atoms with E-state index in [2.05, 4.69) is 15.0 Å². The molecule has 0 saturated carbocycles. The van der Waals surface area contributed by atoms with Crippen molar-refractivity contribution >= 4 is 44.4 Å². The second-order valence-electron chi connectivity index (χ2n) is 8.76. The topological polar surface area (TPSA) is 140 Å². The summed E-state index contributed by atoms with van der Waals surface area (Å²) in [6, 6.07) is 19.4. The minimum absolute atomic E-state index is 0.0183. The zero-order chi connectivity index (χ0) is 27.7. The molecule has 1 fully saturated rings. The number of hydrogen-bond acceptors (Lipinski definition) is 8. The van der Waals surface area contributed by atoms with Gasteiger partial charge in [0.05, 0.1) is 35.7 Å². The van der Waals surface area contributed by atoms with E-state index in [-0.39, 0.29) is 11.4 Å². The number of nitro groups is 1. The molecular formula is C26H23N5O6S2. The van der Waals surface area contributed by atoms with Gasteiger partial charge in [-0.3, -0.25) is 19.8 Å². The molecule has 2 aromatic heterocycles. The Labute approximate surface area is 229 Å². The highest BCUT2D eigenvalue weighted by atomic mass is 32.2. The summed E-state index contributed by atoms with van der Waals surface area (Å²) >= 11 is 5.74. The summed E-state index contributed by atoms with van der Waals surface area (Å²) in [7, 11) is -2.14. The average molecular weight is 566 g/mol. The Kier molecular flexibility index (Phi) is 6.93. The number of aromatic nitrogens is 1. The van der Waals surface area contributed by atoms with Gasteiger partial charge < -0.3 is 19.4 Å². The number of nitrogens with one attached hydrogen (secondary N) is 2. The van der Waals surface area contributed by atoms with Crippen molar-refractivity contribution in [1.29, 1.82) is 0 Å². The largest absolute Gasteiger partial charge is 0.495 e. The van der Waals surface area contributed by atoms with Crippen LogP contribution in [0.1, 0.15) is 23.5 Å². The van der Waals surface area contributed by atoms with Gasteiger partial charge in [0.15, 0.2) is 5.11 Å². The van der Waals surface area contributed by atoms with Crippen molar-refractivity contribution in [3.8, 4) is 17.1 Å². The summed E-state index contributed by atoms with van der Waals surface area (Å²) in [5.41, 5.74) is 2.23. The third-order valence-electron chi connectivity index (χ3n) is 6.14. The molecule has 0 bridgehead atoms. The van der Waals surface area contributed by atoms with Gasteiger partial charge in [-0.25, -0.2) is 8.42 Å². The number of anilines is 2. The van der Waals surface area contributed by atoms with Crippen molar-refractivity contribution in [3.63, 3.8) is 0 Å². The molecule has 2 N–H and O–H groups in total. The summed E-state index contributed by atoms with van der Waals surface area (Å²) < 4.78 is 38.1. The minimum Gasteiger partial charge on any atom is -0.495 e. The second kappa shape index (κ2) is 10.3. The van der Waals surface area contributed by atoms with Gasteiger partial charge in [-0.2, -0.15) is 0 Å². The monoisotopic (exact) mass is 565 g/mol. The number of hydrogen-bond donors (Lipinski definition) is 2. The summed E-state index contributed by atoms with van der Waals surface area (Å²) in [5.74, 6) is 1.42. The van der Waals surface area contributed by atoms with Crippen LogP contribution >= 0.6 is 12.2 Å². The van der Waals surface area contributed by atoms with E-state index >= 15 is 0 Å². The average Bonchev–Trinajstić information content (AvgIpc) is 3.53. The molecule has 0 amide bonds. The molecule has 1 aliphatic rings. The van der Waals surface area contributed by atoms with Gasteiger partial charge in [-0.1, -0.05) is 6.07 Å². The van der Waals surface area contributed by atoms with Gasteiger partial charge in [0.1, 0.15) is 23.3 Å². The van der Waals surface area contributed by atoms with Crippen molar-refractivity contribution in [2.45, 2.75) is 12.1 Å². The predicted molar refractivity (Wildman–Crippen MR) is 150 cm³/mol. The molecule has 2 aromatic carbocycles. The minimum atomic E-state index is -3.59. The third kappa shape index (κ3) is 5.40. The molecule has 13 heteroatoms. The molecule has 5 rings (SSSR count). The molecule has 0 unspecified atom stereocenters. The first-order valence-electron chi connectivity index (χ1n) is 11.7. The normalized spacial score (nSPS) is 17.1. The molecule has 39 heavy (non-hydrogen) atoms. The highest BCUT2D eigenvalue weighted by Crippen LogP contribution is 2.44. The van der Waals surface area contributed by atoms with Crippen LogP contribution in [0.3, 0.4) is 0 Å². The first kappa shape index (κ1) is 26.1. The number of furan rings is 1. The van der Waals surface area contributed by atoms with E-state index < -0.39 is 27.0 Å². The van der Waals surface area contributed by atoms with Crippen molar-refractivity contribution in [2.24, 2.45) is 0 Å². The Morgan fingerprint density at radius 3 is 2.54 bits per heavy atom. The number of pyridine rings is 1. The maximum Gasteiger partial charge on any atom is 0.269 e. The molecule has 2 atom stereocenters. The Bertz CT molecular complexity index is 1640. The molecule has 4 aromatic rings. The van der Waals surface area contributed by atoms with Crippen LogP contribution in [0.5, 0.6) is 5.75 Å². The standard InChI is InChI=1S/C26H23N5O6S2/c1-36-22-11-10-18(15-20(22)29-39(2,34)35)30-25(24(28-26(30)38)19-5-3-4-14-27-19)23-13-12-21(37-23)16-6-8-17(9-7-16)31(32)33/h3-15,24-25,29H,1-2H3,(H,28,38)/t24-,25-/m1/s1. The zero-order valence-corrected chi connectivity index (χ0v) is 22.4. The number of rotatable bonds is 8. The molecule has 0 spiro atoms. The summed E-state index contributed by atoms with van der Waals surface area (Å²) in [6.45, 7) is 0. The lowest BCUT2D eigenvalue weighted by molar-refractivity contribution is -0.384. The maximum atomic E-state index is 12.0. The van der Waals surface area contributed by atoms with E-state index in [9.17, 15) is 18.5 Å². The Balaban J connectivity index is 1.59. The Hall–Kier alpha value is -4.49. The van der Waals surface area contributed by atoms with Gasteiger partial charge in [-0.15, -0.1) is 0 Å². The second-order valence-corrected chi connectivity index (χ2v) is 10.9. The Morgan fingerprint density at radius 1 is 1.13 bits per heavy atom. The fourth-order valence-electron chi connectivity index (χ4n) is 4.46. The number of nitrogens with zero attached hydrogens (tertiary/aromatic N) is 3. The van der Waals surface area contributed by atoms with Crippen molar-refractivity contribution in [1.82, 2.24) is 10.3 Å². The van der Waals surface area contributed by atoms with Crippen molar-refractivity contribution in [2.75, 3.05) is 23.0 Å². The lowest BCUT2D eigenvalue weighted by atomic mass is 10.0. The number of sulfonamides is 1. The van der Waals surface area contributed by atoms with E-state index in [1.54, 1.807) is 42.6 Å². The van der Waals surface area contributed by atoms with Gasteiger partial charge in [-0.05, 0) is 66.8 Å². The maximum absolute atomic E-state index is 12.0. The first-order chi connectivity index (χ1) is 18.6. The Morgan fingerprint density at radius 2 is 1.90 bits per heavy atom. The molecule has 3 heterocycles. The fraction of sp³-hybridized carbons (Fsp3) is 0.154. The van der Waals surface area contributed by atoms with Crippen LogP contribution in [-0.2, 0) is 10.0 Å². The smallest absolute Gasteiger partial charge is 0.269 e. The van der Waals surface area contributed by atoms with Crippen molar-refractivity contribution < 1.29 is 22.5 Å². The van der Waals surface area contributed by atoms with Crippen LogP contribution in [0, 0.1) is 10.1 Å². The number of non-ortho nitro benzene ring substituents is 1. The van der Waals surface area contributed by atoms with E-state index in [4.69, 9.17) is 21.4 Å². The van der Waals surface area contributed by atoms with Crippen LogP contribution in [0.25, 0.3) is 11.3 Å². The SMILES string of the molecule is COc1ccc(N2C(=S)N[C@H](c3ccccn3)[C@H]2c2ccc(-c3ccc([N+](=O)[O-])cc3)o2)cc1NS(C)(=O)=O. The van der Waals surface area contributed by atoms with Gasteiger partial charge in [0.2, 0.25) is 10.0 Å². The van der Waals surface area contributed by atoms with Crippen molar-refractivity contribution in [3.05, 3.63) is 101 Å².